The second-order valence-corrected chi connectivity index (χ2v) is 13.2. The lowest BCUT2D eigenvalue weighted by Gasteiger charge is -2.34. The highest BCUT2D eigenvalue weighted by molar-refractivity contribution is 7.92. The fourth-order valence-corrected chi connectivity index (χ4v) is 6.70. The number of nitrogens with one attached hydrogen (secondary N) is 1. The SMILES string of the molecule is CCCNC(=O)C(Cc1ccccc1)N(Cc1cccc(C)c1)C(=O)CN(c1ccc(C)cc1)S(=O)(=O)c1ccc(OC)c(OC)c1. The van der Waals surface area contributed by atoms with Crippen LogP contribution in [-0.4, -0.2) is 58.5 Å². The summed E-state index contributed by atoms with van der Waals surface area (Å²) in [6, 6.07) is 27.5. The molecule has 0 heterocycles. The molecule has 4 aromatic carbocycles. The Morgan fingerprint density at radius 1 is 0.787 bits per heavy atom. The van der Waals surface area contributed by atoms with Crippen LogP contribution in [0.2, 0.25) is 0 Å². The van der Waals surface area contributed by atoms with Crippen LogP contribution in [0.4, 0.5) is 5.69 Å². The molecule has 1 atom stereocenters. The van der Waals surface area contributed by atoms with Crippen molar-refractivity contribution in [1.29, 1.82) is 0 Å². The van der Waals surface area contributed by atoms with Gasteiger partial charge in [0.05, 0.1) is 24.8 Å². The fraction of sp³-hybridized carbons (Fsp3) is 0.297. The van der Waals surface area contributed by atoms with E-state index in [-0.39, 0.29) is 29.5 Å². The molecule has 10 heteroatoms. The first-order chi connectivity index (χ1) is 22.6. The highest BCUT2D eigenvalue weighted by Crippen LogP contribution is 2.32. The maximum absolute atomic E-state index is 14.6. The zero-order chi connectivity index (χ0) is 34.0. The Morgan fingerprint density at radius 2 is 1.47 bits per heavy atom. The largest absolute Gasteiger partial charge is 0.493 e. The Labute approximate surface area is 278 Å². The number of sulfonamides is 1. The summed E-state index contributed by atoms with van der Waals surface area (Å²) in [7, 11) is -1.41. The summed E-state index contributed by atoms with van der Waals surface area (Å²) in [5, 5.41) is 2.97. The van der Waals surface area contributed by atoms with Gasteiger partial charge in [0.2, 0.25) is 11.8 Å². The van der Waals surface area contributed by atoms with Crippen molar-refractivity contribution < 1.29 is 27.5 Å². The Bertz CT molecular complexity index is 1760. The molecular formula is C37H43N3O6S. The highest BCUT2D eigenvalue weighted by atomic mass is 32.2. The summed E-state index contributed by atoms with van der Waals surface area (Å²) in [6.45, 7) is 5.82. The van der Waals surface area contributed by atoms with Crippen molar-refractivity contribution in [3.63, 3.8) is 0 Å². The van der Waals surface area contributed by atoms with E-state index < -0.39 is 28.5 Å². The van der Waals surface area contributed by atoms with Crippen molar-refractivity contribution in [2.24, 2.45) is 0 Å². The lowest BCUT2D eigenvalue weighted by molar-refractivity contribution is -0.140. The number of anilines is 1. The molecule has 2 amide bonds. The van der Waals surface area contributed by atoms with Gasteiger partial charge in [0, 0.05) is 25.6 Å². The number of carbonyl (C=O) groups excluding carboxylic acids is 2. The molecule has 0 aliphatic heterocycles. The number of hydrogen-bond donors (Lipinski definition) is 1. The minimum absolute atomic E-state index is 0.0738. The summed E-state index contributed by atoms with van der Waals surface area (Å²) in [5.74, 6) is -0.221. The van der Waals surface area contributed by atoms with Gasteiger partial charge in [-0.05, 0) is 55.7 Å². The normalized spacial score (nSPS) is 11.8. The minimum Gasteiger partial charge on any atom is -0.493 e. The van der Waals surface area contributed by atoms with Crippen LogP contribution in [0.25, 0.3) is 0 Å². The van der Waals surface area contributed by atoms with Crippen LogP contribution in [0.15, 0.2) is 102 Å². The molecule has 4 aromatic rings. The van der Waals surface area contributed by atoms with Gasteiger partial charge in [-0.3, -0.25) is 13.9 Å². The van der Waals surface area contributed by atoms with Crippen molar-refractivity contribution in [3.05, 3.63) is 119 Å². The minimum atomic E-state index is -4.30. The van der Waals surface area contributed by atoms with E-state index in [1.807, 2.05) is 75.4 Å². The van der Waals surface area contributed by atoms with Crippen molar-refractivity contribution in [3.8, 4) is 11.5 Å². The molecule has 0 aliphatic carbocycles. The molecule has 0 aromatic heterocycles. The third-order valence-electron chi connectivity index (χ3n) is 7.80. The lowest BCUT2D eigenvalue weighted by Crippen LogP contribution is -2.53. The van der Waals surface area contributed by atoms with Crippen molar-refractivity contribution >= 4 is 27.5 Å². The molecule has 0 fully saturated rings. The molecule has 1 N–H and O–H groups in total. The van der Waals surface area contributed by atoms with Crippen LogP contribution in [0.3, 0.4) is 0 Å². The molecule has 0 saturated heterocycles. The topological polar surface area (TPSA) is 105 Å². The van der Waals surface area contributed by atoms with Gasteiger partial charge >= 0.3 is 0 Å². The molecule has 0 radical (unpaired) electrons. The van der Waals surface area contributed by atoms with Crippen LogP contribution in [0.1, 0.15) is 35.6 Å². The van der Waals surface area contributed by atoms with Crippen molar-refractivity contribution in [1.82, 2.24) is 10.2 Å². The summed E-state index contributed by atoms with van der Waals surface area (Å²) in [6.07, 6.45) is 0.974. The van der Waals surface area contributed by atoms with Crippen LogP contribution in [0.5, 0.6) is 11.5 Å². The maximum atomic E-state index is 14.6. The zero-order valence-electron chi connectivity index (χ0n) is 27.6. The predicted molar refractivity (Wildman–Crippen MR) is 184 cm³/mol. The third kappa shape index (κ3) is 8.92. The summed E-state index contributed by atoms with van der Waals surface area (Å²) >= 11 is 0. The van der Waals surface area contributed by atoms with Gasteiger partial charge < -0.3 is 19.7 Å². The van der Waals surface area contributed by atoms with Gasteiger partial charge in [-0.15, -0.1) is 0 Å². The monoisotopic (exact) mass is 657 g/mol. The first-order valence-corrected chi connectivity index (χ1v) is 17.0. The Morgan fingerprint density at radius 3 is 2.11 bits per heavy atom. The highest BCUT2D eigenvalue weighted by Gasteiger charge is 2.35. The van der Waals surface area contributed by atoms with E-state index in [1.165, 1.54) is 37.3 Å². The average molecular weight is 658 g/mol. The number of amides is 2. The number of nitrogens with zero attached hydrogens (tertiary/aromatic N) is 2. The Hall–Kier alpha value is -4.83. The van der Waals surface area contributed by atoms with E-state index in [0.29, 0.717) is 18.0 Å². The van der Waals surface area contributed by atoms with Crippen LogP contribution in [-0.2, 0) is 32.6 Å². The van der Waals surface area contributed by atoms with Crippen LogP contribution in [0, 0.1) is 13.8 Å². The Kier molecular flexibility index (Phi) is 12.0. The van der Waals surface area contributed by atoms with Crippen molar-refractivity contribution in [2.75, 3.05) is 31.6 Å². The second-order valence-electron chi connectivity index (χ2n) is 11.4. The number of methoxy groups -OCH3 is 2. The predicted octanol–water partition coefficient (Wildman–Crippen LogP) is 5.68. The first-order valence-electron chi connectivity index (χ1n) is 15.6. The molecule has 0 saturated carbocycles. The number of hydrogen-bond acceptors (Lipinski definition) is 6. The fourth-order valence-electron chi connectivity index (χ4n) is 5.27. The van der Waals surface area contributed by atoms with E-state index in [2.05, 4.69) is 5.32 Å². The van der Waals surface area contributed by atoms with Crippen LogP contribution >= 0.6 is 0 Å². The molecular weight excluding hydrogens is 614 g/mol. The number of carbonyl (C=O) groups is 2. The van der Waals surface area contributed by atoms with E-state index >= 15 is 0 Å². The number of rotatable bonds is 15. The number of ether oxygens (including phenoxy) is 2. The maximum Gasteiger partial charge on any atom is 0.264 e. The van der Waals surface area contributed by atoms with Crippen molar-refractivity contribution in [2.45, 2.75) is 51.1 Å². The van der Waals surface area contributed by atoms with E-state index in [0.717, 1.165) is 33.0 Å². The third-order valence-corrected chi connectivity index (χ3v) is 9.57. The molecule has 47 heavy (non-hydrogen) atoms. The van der Waals surface area contributed by atoms with E-state index in [1.54, 1.807) is 24.3 Å². The first kappa shape index (κ1) is 35.0. The average Bonchev–Trinajstić information content (AvgIpc) is 3.08. The smallest absolute Gasteiger partial charge is 0.264 e. The van der Waals surface area contributed by atoms with Crippen LogP contribution < -0.4 is 19.1 Å². The van der Waals surface area contributed by atoms with Gasteiger partial charge in [0.25, 0.3) is 10.0 Å². The standard InChI is InChI=1S/C37H43N3O6S/c1-6-21-38-37(42)33(23-29-12-8-7-9-13-29)39(25-30-14-10-11-28(3)22-30)36(41)26-40(31-17-15-27(2)16-18-31)47(43,44)32-19-20-34(45-4)35(24-32)46-5/h7-20,22,24,33H,6,21,23,25-26H2,1-5H3,(H,38,42). The lowest BCUT2D eigenvalue weighted by atomic mass is 10.0. The van der Waals surface area contributed by atoms with Gasteiger partial charge in [-0.25, -0.2) is 8.42 Å². The van der Waals surface area contributed by atoms with E-state index in [9.17, 15) is 18.0 Å². The molecule has 4 rings (SSSR count). The zero-order valence-corrected chi connectivity index (χ0v) is 28.4. The van der Waals surface area contributed by atoms with E-state index in [4.69, 9.17) is 9.47 Å². The van der Waals surface area contributed by atoms with Gasteiger partial charge in [-0.2, -0.15) is 0 Å². The summed E-state index contributed by atoms with van der Waals surface area (Å²) in [4.78, 5) is 29.8. The van der Waals surface area contributed by atoms with Gasteiger partial charge in [0.1, 0.15) is 12.6 Å². The molecule has 9 nitrogen and oxygen atoms in total. The molecule has 0 aliphatic rings. The van der Waals surface area contributed by atoms with Gasteiger partial charge in [-0.1, -0.05) is 84.8 Å². The van der Waals surface area contributed by atoms with Gasteiger partial charge in [0.15, 0.2) is 11.5 Å². The molecule has 0 spiro atoms. The quantitative estimate of drug-likeness (QED) is 0.176. The molecule has 0 bridgehead atoms. The number of aryl methyl sites for hydroxylation is 2. The Balaban J connectivity index is 1.82. The molecule has 248 valence electrons. The summed E-state index contributed by atoms with van der Waals surface area (Å²) < 4.78 is 40.5. The molecule has 1 unspecified atom stereocenters. The second kappa shape index (κ2) is 16.1. The summed E-state index contributed by atoms with van der Waals surface area (Å²) in [5.41, 5.74) is 3.94. The number of benzene rings is 4.